The average Bonchev–Trinajstić information content (AvgIpc) is 3.31. The predicted octanol–water partition coefficient (Wildman–Crippen LogP) is 3.41. The molecule has 0 bridgehead atoms. The monoisotopic (exact) mass is 455 g/mol. The van der Waals surface area contributed by atoms with Crippen molar-refractivity contribution in [2.45, 2.75) is 19.1 Å². The van der Waals surface area contributed by atoms with Gasteiger partial charge in [-0.25, -0.2) is 9.78 Å². The first-order chi connectivity index (χ1) is 14.7. The maximum Gasteiger partial charge on any atom is 0.420 e. The second-order valence-electron chi connectivity index (χ2n) is 7.01. The normalized spacial score (nSPS) is 14.5. The van der Waals surface area contributed by atoms with E-state index in [1.54, 1.807) is 6.92 Å². The summed E-state index contributed by atoms with van der Waals surface area (Å²) in [6.07, 6.45) is -0.696. The van der Waals surface area contributed by atoms with Gasteiger partial charge in [-0.1, -0.05) is 11.6 Å². The molecule has 1 saturated heterocycles. The van der Waals surface area contributed by atoms with E-state index >= 15 is 0 Å². The number of pyridine rings is 1. The number of carbonyl (C=O) groups excluding carboxylic acids is 2. The lowest BCUT2D eigenvalue weighted by atomic mass is 10.1. The molecule has 3 aromatic rings. The predicted molar refractivity (Wildman–Crippen MR) is 105 cm³/mol. The zero-order valence-corrected chi connectivity index (χ0v) is 16.9. The van der Waals surface area contributed by atoms with Crippen molar-refractivity contribution in [3.8, 4) is 11.1 Å². The van der Waals surface area contributed by atoms with Crippen molar-refractivity contribution in [3.05, 3.63) is 47.3 Å². The Morgan fingerprint density at radius 2 is 2.06 bits per heavy atom. The molecule has 1 aliphatic heterocycles. The number of likely N-dealkylation sites (tertiary alicyclic amines) is 1. The van der Waals surface area contributed by atoms with Crippen LogP contribution in [0.15, 0.2) is 35.3 Å². The lowest BCUT2D eigenvalue weighted by Crippen LogP contribution is -2.62. The molecule has 164 valence electrons. The number of urea groups is 1. The van der Waals surface area contributed by atoms with Crippen molar-refractivity contribution in [1.82, 2.24) is 24.9 Å². The smallest absolute Gasteiger partial charge is 0.420 e. The number of fused-ring (bicyclic) bond motifs is 1. The summed E-state index contributed by atoms with van der Waals surface area (Å²) in [4.78, 5) is 29.6. The highest BCUT2D eigenvalue weighted by Gasteiger charge is 2.38. The van der Waals surface area contributed by atoms with Crippen LogP contribution in [0.2, 0.25) is 5.15 Å². The van der Waals surface area contributed by atoms with Crippen molar-refractivity contribution in [3.63, 3.8) is 0 Å². The van der Waals surface area contributed by atoms with E-state index in [1.165, 1.54) is 29.7 Å². The quantitative estimate of drug-likeness (QED) is 0.630. The van der Waals surface area contributed by atoms with Gasteiger partial charge in [0, 0.05) is 37.0 Å². The van der Waals surface area contributed by atoms with Crippen molar-refractivity contribution >= 4 is 29.2 Å². The third kappa shape index (κ3) is 3.92. The van der Waals surface area contributed by atoms with E-state index in [0.29, 0.717) is 12.1 Å². The molecule has 0 spiro atoms. The number of rotatable bonds is 4. The summed E-state index contributed by atoms with van der Waals surface area (Å²) in [7, 11) is 0. The first kappa shape index (κ1) is 21.0. The van der Waals surface area contributed by atoms with Gasteiger partial charge in [0.2, 0.25) is 0 Å². The maximum atomic E-state index is 13.7. The zero-order chi connectivity index (χ0) is 22.3. The molecule has 1 aliphatic rings. The molecule has 3 amide bonds. The van der Waals surface area contributed by atoms with Crippen LogP contribution in [0.25, 0.3) is 16.8 Å². The van der Waals surface area contributed by atoms with Crippen LogP contribution in [0.5, 0.6) is 0 Å². The third-order valence-electron chi connectivity index (χ3n) is 4.87. The Morgan fingerprint density at radius 3 is 2.68 bits per heavy atom. The van der Waals surface area contributed by atoms with Gasteiger partial charge in [-0.3, -0.25) is 9.20 Å². The molecule has 0 atom stereocenters. The number of carbonyl (C=O) groups is 2. The number of alkyl halides is 3. The standard InChI is InChI=1S/C19H17ClF3N5O3/c1-2-24-18(30)25-12-7-27(8-12)17(29)14-15(20)28-6-11(10-3-4-31-9-10)5-13(16(28)26-14)19(21,22)23/h3-6,9,12H,2,7-8H2,1H3,(H2,24,25,30). The summed E-state index contributed by atoms with van der Waals surface area (Å²) in [6.45, 7) is 2.63. The molecule has 31 heavy (non-hydrogen) atoms. The van der Waals surface area contributed by atoms with Gasteiger partial charge >= 0.3 is 12.2 Å². The fourth-order valence-electron chi connectivity index (χ4n) is 3.33. The number of nitrogens with one attached hydrogen (secondary N) is 2. The Labute approximate surface area is 179 Å². The second kappa shape index (κ2) is 7.80. The van der Waals surface area contributed by atoms with Crippen LogP contribution in [0.4, 0.5) is 18.0 Å². The minimum atomic E-state index is -4.71. The topological polar surface area (TPSA) is 91.9 Å². The van der Waals surface area contributed by atoms with Crippen LogP contribution in [0.1, 0.15) is 23.0 Å². The van der Waals surface area contributed by atoms with Gasteiger partial charge in [-0.2, -0.15) is 13.2 Å². The molecule has 0 radical (unpaired) electrons. The fourth-order valence-corrected chi connectivity index (χ4v) is 3.58. The minimum absolute atomic E-state index is 0.201. The molecular weight excluding hydrogens is 439 g/mol. The molecule has 4 heterocycles. The van der Waals surface area contributed by atoms with Gasteiger partial charge < -0.3 is 20.0 Å². The number of hydrogen-bond donors (Lipinski definition) is 2. The van der Waals surface area contributed by atoms with Crippen molar-refractivity contribution in [1.29, 1.82) is 0 Å². The van der Waals surface area contributed by atoms with Crippen LogP contribution in [0.3, 0.4) is 0 Å². The summed E-state index contributed by atoms with van der Waals surface area (Å²) in [5, 5.41) is 5.04. The summed E-state index contributed by atoms with van der Waals surface area (Å²) in [5.74, 6) is -0.611. The largest absolute Gasteiger partial charge is 0.472 e. The van der Waals surface area contributed by atoms with Crippen LogP contribution < -0.4 is 10.6 Å². The average molecular weight is 456 g/mol. The van der Waals surface area contributed by atoms with Crippen molar-refractivity contribution < 1.29 is 27.2 Å². The number of nitrogens with zero attached hydrogens (tertiary/aromatic N) is 3. The lowest BCUT2D eigenvalue weighted by Gasteiger charge is -2.39. The number of aromatic nitrogens is 2. The lowest BCUT2D eigenvalue weighted by molar-refractivity contribution is -0.136. The van der Waals surface area contributed by atoms with Gasteiger partial charge in [0.1, 0.15) is 5.15 Å². The number of amides is 3. The molecule has 2 N–H and O–H groups in total. The molecule has 0 unspecified atom stereocenters. The Morgan fingerprint density at radius 1 is 1.32 bits per heavy atom. The highest BCUT2D eigenvalue weighted by Crippen LogP contribution is 2.37. The van der Waals surface area contributed by atoms with Gasteiger partial charge in [0.25, 0.3) is 5.91 Å². The number of imidazole rings is 1. The van der Waals surface area contributed by atoms with Crippen LogP contribution >= 0.6 is 11.6 Å². The summed E-state index contributed by atoms with van der Waals surface area (Å²) in [5.41, 5.74) is -1.14. The molecule has 1 fully saturated rings. The van der Waals surface area contributed by atoms with E-state index in [9.17, 15) is 22.8 Å². The SMILES string of the molecule is CCNC(=O)NC1CN(C(=O)c2nc3c(C(F)(F)F)cc(-c4ccoc4)cn3c2Cl)C1. The first-order valence-electron chi connectivity index (χ1n) is 9.34. The van der Waals surface area contributed by atoms with Gasteiger partial charge in [0.15, 0.2) is 11.3 Å². The Kier molecular flexibility index (Phi) is 5.29. The molecule has 0 saturated carbocycles. The molecule has 3 aromatic heterocycles. The molecule has 0 aromatic carbocycles. The van der Waals surface area contributed by atoms with Crippen LogP contribution in [-0.4, -0.2) is 51.9 Å². The molecular formula is C19H17ClF3N5O3. The van der Waals surface area contributed by atoms with Gasteiger partial charge in [-0.15, -0.1) is 0 Å². The van der Waals surface area contributed by atoms with Crippen molar-refractivity contribution in [2.75, 3.05) is 19.6 Å². The summed E-state index contributed by atoms with van der Waals surface area (Å²) >= 11 is 6.28. The van der Waals surface area contributed by atoms with E-state index in [0.717, 1.165) is 10.5 Å². The minimum Gasteiger partial charge on any atom is -0.472 e. The molecule has 12 heteroatoms. The summed E-state index contributed by atoms with van der Waals surface area (Å²) in [6, 6.07) is 1.84. The summed E-state index contributed by atoms with van der Waals surface area (Å²) < 4.78 is 47.1. The van der Waals surface area contributed by atoms with Crippen molar-refractivity contribution in [2.24, 2.45) is 0 Å². The van der Waals surface area contributed by atoms with E-state index in [-0.39, 0.29) is 41.6 Å². The third-order valence-corrected chi connectivity index (χ3v) is 5.23. The Bertz CT molecular complexity index is 1140. The highest BCUT2D eigenvalue weighted by molar-refractivity contribution is 6.33. The first-order valence-corrected chi connectivity index (χ1v) is 9.71. The fraction of sp³-hybridized carbons (Fsp3) is 0.316. The number of halogens is 4. The molecule has 0 aliphatic carbocycles. The Hall–Kier alpha value is -3.21. The highest BCUT2D eigenvalue weighted by atomic mass is 35.5. The molecule has 8 nitrogen and oxygen atoms in total. The zero-order valence-electron chi connectivity index (χ0n) is 16.2. The maximum absolute atomic E-state index is 13.7. The van der Waals surface area contributed by atoms with Crippen LogP contribution in [0, 0.1) is 0 Å². The Balaban J connectivity index is 1.65. The van der Waals surface area contributed by atoms with E-state index < -0.39 is 23.3 Å². The second-order valence-corrected chi connectivity index (χ2v) is 7.37. The van der Waals surface area contributed by atoms with E-state index in [1.807, 2.05) is 0 Å². The van der Waals surface area contributed by atoms with Gasteiger partial charge in [-0.05, 0) is 19.1 Å². The van der Waals surface area contributed by atoms with Gasteiger partial charge in [0.05, 0.1) is 24.1 Å². The van der Waals surface area contributed by atoms with Crippen LogP contribution in [-0.2, 0) is 6.18 Å². The number of hydrogen-bond acceptors (Lipinski definition) is 4. The number of furan rings is 1. The van der Waals surface area contributed by atoms with E-state index in [2.05, 4.69) is 15.6 Å². The van der Waals surface area contributed by atoms with E-state index in [4.69, 9.17) is 16.0 Å². The molecule has 4 rings (SSSR count).